The fraction of sp³-hybridized carbons (Fsp3) is 0.667. The molecule has 1 aromatic rings. The first kappa shape index (κ1) is 12.1. The molecule has 0 aliphatic carbocycles. The van der Waals surface area contributed by atoms with E-state index in [2.05, 4.69) is 46.0 Å². The molecule has 2 rings (SSSR count). The van der Waals surface area contributed by atoms with Crippen LogP contribution in [-0.2, 0) is 0 Å². The Labute approximate surface area is 103 Å². The summed E-state index contributed by atoms with van der Waals surface area (Å²) in [5.41, 5.74) is 0.984. The van der Waals surface area contributed by atoms with E-state index in [0.717, 1.165) is 37.8 Å². The van der Waals surface area contributed by atoms with Crippen LogP contribution in [-0.4, -0.2) is 54.1 Å². The zero-order chi connectivity index (χ0) is 12.3. The highest BCUT2D eigenvalue weighted by atomic mass is 15.3. The highest BCUT2D eigenvalue weighted by molar-refractivity contribution is 5.42. The molecule has 0 saturated carbocycles. The van der Waals surface area contributed by atoms with Crippen LogP contribution in [0.15, 0.2) is 12.4 Å². The Kier molecular flexibility index (Phi) is 3.78. The van der Waals surface area contributed by atoms with Gasteiger partial charge in [-0.2, -0.15) is 0 Å². The van der Waals surface area contributed by atoms with E-state index in [1.54, 1.807) is 0 Å². The summed E-state index contributed by atoms with van der Waals surface area (Å²) in [4.78, 5) is 13.4. The molecule has 1 N–H and O–H groups in total. The maximum Gasteiger partial charge on any atom is 0.225 e. The fourth-order valence-electron chi connectivity index (χ4n) is 1.90. The maximum absolute atomic E-state index is 4.41. The molecule has 0 amide bonds. The lowest BCUT2D eigenvalue weighted by atomic mass is 10.3. The molecular weight excluding hydrogens is 214 g/mol. The molecule has 0 bridgehead atoms. The number of rotatable bonds is 3. The normalized spacial score (nSPS) is 17.5. The minimum Gasteiger partial charge on any atom is -0.380 e. The van der Waals surface area contributed by atoms with Crippen LogP contribution in [0, 0.1) is 0 Å². The van der Waals surface area contributed by atoms with E-state index < -0.39 is 0 Å². The van der Waals surface area contributed by atoms with Gasteiger partial charge in [0.15, 0.2) is 0 Å². The van der Waals surface area contributed by atoms with Crippen molar-refractivity contribution in [3.05, 3.63) is 12.4 Å². The lowest BCUT2D eigenvalue weighted by Gasteiger charge is -2.32. The molecule has 0 unspecified atom stereocenters. The van der Waals surface area contributed by atoms with E-state index >= 15 is 0 Å². The number of hydrogen-bond donors (Lipinski definition) is 1. The summed E-state index contributed by atoms with van der Waals surface area (Å²) in [6, 6.07) is 0.410. The Hall–Kier alpha value is -1.36. The van der Waals surface area contributed by atoms with Crippen LogP contribution in [0.2, 0.25) is 0 Å². The minimum atomic E-state index is 0.410. The van der Waals surface area contributed by atoms with Crippen molar-refractivity contribution in [3.63, 3.8) is 0 Å². The molecule has 1 aromatic heterocycles. The number of piperazine rings is 1. The summed E-state index contributed by atoms with van der Waals surface area (Å²) < 4.78 is 0. The second-order valence-electron chi connectivity index (χ2n) is 4.86. The van der Waals surface area contributed by atoms with E-state index in [4.69, 9.17) is 0 Å². The van der Waals surface area contributed by atoms with Gasteiger partial charge in [-0.15, -0.1) is 0 Å². The number of anilines is 2. The largest absolute Gasteiger partial charge is 0.380 e. The molecule has 0 atom stereocenters. The molecule has 1 fully saturated rings. The Bertz CT molecular complexity index is 340. The van der Waals surface area contributed by atoms with Crippen molar-refractivity contribution >= 4 is 11.6 Å². The Balaban J connectivity index is 1.97. The molecular formula is C12H21N5. The molecule has 1 aliphatic heterocycles. The first-order valence-corrected chi connectivity index (χ1v) is 6.17. The summed E-state index contributed by atoms with van der Waals surface area (Å²) in [5.74, 6) is 0.840. The molecule has 1 saturated heterocycles. The standard InChI is InChI=1S/C12H21N5/c1-10(2)15-11-8-13-12(14-9-11)17-6-4-16(3)5-7-17/h8-10,15H,4-7H2,1-3H3. The second kappa shape index (κ2) is 5.31. The monoisotopic (exact) mass is 235 g/mol. The van der Waals surface area contributed by atoms with Crippen LogP contribution in [0.3, 0.4) is 0 Å². The average molecular weight is 235 g/mol. The van der Waals surface area contributed by atoms with Crippen LogP contribution in [0.5, 0.6) is 0 Å². The lowest BCUT2D eigenvalue weighted by Crippen LogP contribution is -2.45. The predicted octanol–water partition coefficient (Wildman–Crippen LogP) is 1.05. The first-order chi connectivity index (χ1) is 8.15. The third kappa shape index (κ3) is 3.30. The molecule has 0 spiro atoms. The van der Waals surface area contributed by atoms with Gasteiger partial charge in [-0.3, -0.25) is 0 Å². The molecule has 5 heteroatoms. The van der Waals surface area contributed by atoms with Gasteiger partial charge in [0.25, 0.3) is 0 Å². The molecule has 17 heavy (non-hydrogen) atoms. The van der Waals surface area contributed by atoms with Crippen molar-refractivity contribution in [2.24, 2.45) is 0 Å². The molecule has 1 aliphatic rings. The number of nitrogens with one attached hydrogen (secondary N) is 1. The van der Waals surface area contributed by atoms with E-state index in [1.807, 2.05) is 12.4 Å². The quantitative estimate of drug-likeness (QED) is 0.848. The number of likely N-dealkylation sites (N-methyl/N-ethyl adjacent to an activating group) is 1. The highest BCUT2D eigenvalue weighted by Crippen LogP contribution is 2.12. The van der Waals surface area contributed by atoms with Gasteiger partial charge in [0.05, 0.1) is 18.1 Å². The zero-order valence-corrected chi connectivity index (χ0v) is 10.8. The molecule has 94 valence electrons. The number of hydrogen-bond acceptors (Lipinski definition) is 5. The number of aromatic nitrogens is 2. The lowest BCUT2D eigenvalue weighted by molar-refractivity contribution is 0.311. The predicted molar refractivity (Wildman–Crippen MR) is 70.5 cm³/mol. The zero-order valence-electron chi connectivity index (χ0n) is 10.8. The van der Waals surface area contributed by atoms with Gasteiger partial charge in [0.1, 0.15) is 0 Å². The van der Waals surface area contributed by atoms with E-state index in [0.29, 0.717) is 6.04 Å². The molecule has 0 aromatic carbocycles. The van der Waals surface area contributed by atoms with Crippen molar-refractivity contribution in [1.29, 1.82) is 0 Å². The first-order valence-electron chi connectivity index (χ1n) is 6.17. The van der Waals surface area contributed by atoms with Crippen LogP contribution in [0.4, 0.5) is 11.6 Å². The fourth-order valence-corrected chi connectivity index (χ4v) is 1.90. The van der Waals surface area contributed by atoms with Crippen LogP contribution < -0.4 is 10.2 Å². The van der Waals surface area contributed by atoms with Crippen LogP contribution >= 0.6 is 0 Å². The van der Waals surface area contributed by atoms with Crippen molar-refractivity contribution < 1.29 is 0 Å². The summed E-state index contributed by atoms with van der Waals surface area (Å²) in [7, 11) is 2.15. The summed E-state index contributed by atoms with van der Waals surface area (Å²) in [5, 5.41) is 3.29. The van der Waals surface area contributed by atoms with Crippen molar-refractivity contribution in [2.75, 3.05) is 43.4 Å². The van der Waals surface area contributed by atoms with E-state index in [-0.39, 0.29) is 0 Å². The average Bonchev–Trinajstić information content (AvgIpc) is 2.30. The van der Waals surface area contributed by atoms with Crippen LogP contribution in [0.1, 0.15) is 13.8 Å². The van der Waals surface area contributed by atoms with Crippen LogP contribution in [0.25, 0.3) is 0 Å². The number of nitrogens with zero attached hydrogens (tertiary/aromatic N) is 4. The Morgan fingerprint density at radius 1 is 1.12 bits per heavy atom. The van der Waals surface area contributed by atoms with Gasteiger partial charge in [-0.25, -0.2) is 9.97 Å². The van der Waals surface area contributed by atoms with Gasteiger partial charge in [0, 0.05) is 32.2 Å². The van der Waals surface area contributed by atoms with Gasteiger partial charge in [-0.1, -0.05) is 0 Å². The van der Waals surface area contributed by atoms with Crippen molar-refractivity contribution in [1.82, 2.24) is 14.9 Å². The smallest absolute Gasteiger partial charge is 0.225 e. The van der Waals surface area contributed by atoms with Crippen molar-refractivity contribution in [2.45, 2.75) is 19.9 Å². The maximum atomic E-state index is 4.41. The SMILES string of the molecule is CC(C)Nc1cnc(N2CCN(C)CC2)nc1. The van der Waals surface area contributed by atoms with Gasteiger partial charge in [-0.05, 0) is 20.9 Å². The minimum absolute atomic E-state index is 0.410. The Morgan fingerprint density at radius 3 is 2.24 bits per heavy atom. The molecule has 5 nitrogen and oxygen atoms in total. The topological polar surface area (TPSA) is 44.3 Å². The molecule has 0 radical (unpaired) electrons. The van der Waals surface area contributed by atoms with E-state index in [1.165, 1.54) is 0 Å². The molecule has 2 heterocycles. The van der Waals surface area contributed by atoms with Gasteiger partial charge >= 0.3 is 0 Å². The second-order valence-corrected chi connectivity index (χ2v) is 4.86. The van der Waals surface area contributed by atoms with Gasteiger partial charge in [0.2, 0.25) is 5.95 Å². The third-order valence-electron chi connectivity index (χ3n) is 2.88. The van der Waals surface area contributed by atoms with Gasteiger partial charge < -0.3 is 15.1 Å². The van der Waals surface area contributed by atoms with E-state index in [9.17, 15) is 0 Å². The third-order valence-corrected chi connectivity index (χ3v) is 2.88. The Morgan fingerprint density at radius 2 is 1.71 bits per heavy atom. The summed E-state index contributed by atoms with van der Waals surface area (Å²) in [6.45, 7) is 8.38. The highest BCUT2D eigenvalue weighted by Gasteiger charge is 2.15. The summed E-state index contributed by atoms with van der Waals surface area (Å²) >= 11 is 0. The van der Waals surface area contributed by atoms with Crippen molar-refractivity contribution in [3.8, 4) is 0 Å². The summed E-state index contributed by atoms with van der Waals surface area (Å²) in [6.07, 6.45) is 3.72.